The lowest BCUT2D eigenvalue weighted by Crippen LogP contribution is -2.35. The van der Waals surface area contributed by atoms with Crippen molar-refractivity contribution < 1.29 is 9.75 Å². The Hall–Kier alpha value is -0.120. The van der Waals surface area contributed by atoms with Crippen LogP contribution in [0.5, 0.6) is 0 Å². The maximum absolute atomic E-state index is 10.9. The summed E-state index contributed by atoms with van der Waals surface area (Å²) in [4.78, 5) is 0. The number of hydrogen-bond donors (Lipinski definition) is 1. The standard InChI is InChI=1S/C5H11NO2.C2H6/c1-6(8)3-2-5(7)4-6;1-2/h5,7H,2-4H2,1H3;1-2H3. The van der Waals surface area contributed by atoms with Gasteiger partial charge in [0.25, 0.3) is 0 Å². The Labute approximate surface area is 62.4 Å². The summed E-state index contributed by atoms with van der Waals surface area (Å²) in [5.74, 6) is 0. The van der Waals surface area contributed by atoms with Crippen molar-refractivity contribution in [3.8, 4) is 0 Å². The second-order valence-corrected chi connectivity index (χ2v) is 2.65. The SMILES string of the molecule is CC.C[N+]1([O-])CCC(O)C1. The van der Waals surface area contributed by atoms with Crippen molar-refractivity contribution >= 4 is 0 Å². The molecular formula is C7H17NO2. The summed E-state index contributed by atoms with van der Waals surface area (Å²) in [5.41, 5.74) is 0. The van der Waals surface area contributed by atoms with Gasteiger partial charge < -0.3 is 15.0 Å². The highest BCUT2D eigenvalue weighted by Crippen LogP contribution is 2.13. The molecule has 3 heteroatoms. The van der Waals surface area contributed by atoms with Gasteiger partial charge in [0.1, 0.15) is 12.6 Å². The van der Waals surface area contributed by atoms with Gasteiger partial charge in [-0.05, 0) is 0 Å². The van der Waals surface area contributed by atoms with Crippen LogP contribution in [0.25, 0.3) is 0 Å². The van der Waals surface area contributed by atoms with Crippen LogP contribution in [0.2, 0.25) is 0 Å². The van der Waals surface area contributed by atoms with E-state index in [-0.39, 0.29) is 10.8 Å². The van der Waals surface area contributed by atoms with Crippen LogP contribution < -0.4 is 0 Å². The molecule has 0 aromatic heterocycles. The zero-order valence-electron chi connectivity index (χ0n) is 7.00. The van der Waals surface area contributed by atoms with E-state index >= 15 is 0 Å². The van der Waals surface area contributed by atoms with Gasteiger partial charge in [0.05, 0.1) is 13.6 Å². The predicted molar refractivity (Wildman–Crippen MR) is 41.3 cm³/mol. The minimum atomic E-state index is -0.350. The first-order chi connectivity index (χ1) is 4.60. The zero-order valence-corrected chi connectivity index (χ0v) is 7.00. The third-order valence-corrected chi connectivity index (χ3v) is 1.53. The Balaban J connectivity index is 0.000000371. The fraction of sp³-hybridized carbons (Fsp3) is 1.00. The van der Waals surface area contributed by atoms with Crippen LogP contribution in [0, 0.1) is 5.21 Å². The zero-order chi connectivity index (χ0) is 8.20. The molecular weight excluding hydrogens is 130 g/mol. The van der Waals surface area contributed by atoms with E-state index in [1.807, 2.05) is 13.8 Å². The lowest BCUT2D eigenvalue weighted by atomic mass is 10.3. The maximum Gasteiger partial charge on any atom is 0.109 e. The quantitative estimate of drug-likeness (QED) is 0.405. The molecule has 1 aliphatic rings. The van der Waals surface area contributed by atoms with Gasteiger partial charge in [-0.2, -0.15) is 0 Å². The van der Waals surface area contributed by atoms with Crippen LogP contribution in [-0.4, -0.2) is 36.0 Å². The van der Waals surface area contributed by atoms with Gasteiger partial charge in [-0.1, -0.05) is 13.8 Å². The molecule has 1 N–H and O–H groups in total. The monoisotopic (exact) mass is 147 g/mol. The molecule has 3 nitrogen and oxygen atoms in total. The third kappa shape index (κ3) is 3.15. The Morgan fingerprint density at radius 2 is 2.00 bits per heavy atom. The number of rotatable bonds is 0. The molecule has 0 saturated carbocycles. The summed E-state index contributed by atoms with van der Waals surface area (Å²) in [6, 6.07) is 0. The first-order valence-electron chi connectivity index (χ1n) is 3.84. The molecule has 0 radical (unpaired) electrons. The Morgan fingerprint density at radius 1 is 1.50 bits per heavy atom. The average Bonchev–Trinajstić information content (AvgIpc) is 2.15. The van der Waals surface area contributed by atoms with Gasteiger partial charge in [-0.25, -0.2) is 0 Å². The van der Waals surface area contributed by atoms with Crippen LogP contribution in [0.3, 0.4) is 0 Å². The van der Waals surface area contributed by atoms with Crippen molar-refractivity contribution in [2.24, 2.45) is 0 Å². The van der Waals surface area contributed by atoms with Crippen LogP contribution in [0.15, 0.2) is 0 Å². The molecule has 2 atom stereocenters. The Bertz CT molecular complexity index is 93.6. The van der Waals surface area contributed by atoms with Crippen molar-refractivity contribution in [1.29, 1.82) is 0 Å². The molecule has 10 heavy (non-hydrogen) atoms. The van der Waals surface area contributed by atoms with Gasteiger partial charge in [0.2, 0.25) is 0 Å². The van der Waals surface area contributed by atoms with Gasteiger partial charge in [0.15, 0.2) is 0 Å². The summed E-state index contributed by atoms with van der Waals surface area (Å²) in [5, 5.41) is 19.7. The van der Waals surface area contributed by atoms with Crippen molar-refractivity contribution in [2.45, 2.75) is 26.4 Å². The average molecular weight is 147 g/mol. The van der Waals surface area contributed by atoms with E-state index in [0.29, 0.717) is 19.5 Å². The lowest BCUT2D eigenvalue weighted by molar-refractivity contribution is -0.849. The topological polar surface area (TPSA) is 43.3 Å². The van der Waals surface area contributed by atoms with Crippen molar-refractivity contribution in [1.82, 2.24) is 0 Å². The minimum Gasteiger partial charge on any atom is -0.633 e. The first-order valence-corrected chi connectivity index (χ1v) is 3.84. The third-order valence-electron chi connectivity index (χ3n) is 1.53. The number of aliphatic hydroxyl groups excluding tert-OH is 1. The van der Waals surface area contributed by atoms with E-state index in [9.17, 15) is 5.21 Å². The Kier molecular flexibility index (Phi) is 3.86. The van der Waals surface area contributed by atoms with Gasteiger partial charge in [-0.3, -0.25) is 0 Å². The summed E-state index contributed by atoms with van der Waals surface area (Å²) in [7, 11) is 1.59. The molecule has 0 spiro atoms. The highest BCUT2D eigenvalue weighted by molar-refractivity contribution is 4.62. The van der Waals surface area contributed by atoms with Crippen molar-refractivity contribution in [2.75, 3.05) is 20.1 Å². The first kappa shape index (κ1) is 9.88. The molecule has 0 bridgehead atoms. The normalized spacial score (nSPS) is 38.7. The predicted octanol–water partition coefficient (Wildman–Crippen LogP) is 0.722. The van der Waals surface area contributed by atoms with E-state index < -0.39 is 0 Å². The van der Waals surface area contributed by atoms with Crippen molar-refractivity contribution in [3.63, 3.8) is 0 Å². The summed E-state index contributed by atoms with van der Waals surface area (Å²) < 4.78 is -0.263. The number of hydrogen-bond acceptors (Lipinski definition) is 2. The van der Waals surface area contributed by atoms with E-state index in [1.165, 1.54) is 0 Å². The number of nitrogens with zero attached hydrogens (tertiary/aromatic N) is 1. The van der Waals surface area contributed by atoms with E-state index in [2.05, 4.69) is 0 Å². The summed E-state index contributed by atoms with van der Waals surface area (Å²) >= 11 is 0. The van der Waals surface area contributed by atoms with Crippen LogP contribution in [-0.2, 0) is 0 Å². The van der Waals surface area contributed by atoms with Gasteiger partial charge in [0, 0.05) is 6.42 Å². The number of quaternary nitrogens is 1. The van der Waals surface area contributed by atoms with Gasteiger partial charge in [-0.15, -0.1) is 0 Å². The van der Waals surface area contributed by atoms with Crippen LogP contribution in [0.1, 0.15) is 20.3 Å². The number of aliphatic hydroxyl groups is 1. The maximum atomic E-state index is 10.9. The molecule has 1 aliphatic heterocycles. The number of hydroxylamine groups is 3. The molecule has 62 valence electrons. The largest absolute Gasteiger partial charge is 0.633 e. The number of likely N-dealkylation sites (tertiary alicyclic amines) is 1. The smallest absolute Gasteiger partial charge is 0.109 e. The van der Waals surface area contributed by atoms with Gasteiger partial charge >= 0.3 is 0 Å². The molecule has 1 heterocycles. The second-order valence-electron chi connectivity index (χ2n) is 2.65. The molecule has 2 unspecified atom stereocenters. The molecule has 1 fully saturated rings. The van der Waals surface area contributed by atoms with E-state index in [0.717, 1.165) is 0 Å². The molecule has 1 rings (SSSR count). The fourth-order valence-corrected chi connectivity index (χ4v) is 1.05. The minimum absolute atomic E-state index is 0.263. The van der Waals surface area contributed by atoms with E-state index in [1.54, 1.807) is 7.05 Å². The highest BCUT2D eigenvalue weighted by Gasteiger charge is 2.25. The second kappa shape index (κ2) is 3.91. The Morgan fingerprint density at radius 3 is 2.10 bits per heavy atom. The number of likely N-dealkylation sites (N-methyl/N-ethyl adjacent to an activating group) is 1. The molecule has 0 aromatic rings. The molecule has 0 amide bonds. The summed E-state index contributed by atoms with van der Waals surface area (Å²) in [6.07, 6.45) is 0.317. The van der Waals surface area contributed by atoms with E-state index in [4.69, 9.17) is 5.11 Å². The molecule has 0 aliphatic carbocycles. The molecule has 0 aromatic carbocycles. The van der Waals surface area contributed by atoms with Crippen molar-refractivity contribution in [3.05, 3.63) is 5.21 Å². The lowest BCUT2D eigenvalue weighted by Gasteiger charge is -2.32. The highest BCUT2D eigenvalue weighted by atomic mass is 16.5. The summed E-state index contributed by atoms with van der Waals surface area (Å²) in [6.45, 7) is 4.95. The van der Waals surface area contributed by atoms with Crippen LogP contribution >= 0.6 is 0 Å². The van der Waals surface area contributed by atoms with Crippen LogP contribution in [0.4, 0.5) is 0 Å². The fourth-order valence-electron chi connectivity index (χ4n) is 1.05. The molecule has 1 saturated heterocycles.